The summed E-state index contributed by atoms with van der Waals surface area (Å²) in [5.74, 6) is 1.24. The van der Waals surface area contributed by atoms with E-state index in [1.54, 1.807) is 18.5 Å². The quantitative estimate of drug-likeness (QED) is 0.882. The van der Waals surface area contributed by atoms with Gasteiger partial charge in [-0.15, -0.1) is 0 Å². The van der Waals surface area contributed by atoms with Crippen molar-refractivity contribution in [2.75, 3.05) is 17.7 Å². The monoisotopic (exact) mass is 307 g/mol. The number of ether oxygens (including phenoxy) is 1. The minimum absolute atomic E-state index is 0.0778. The van der Waals surface area contributed by atoms with Crippen molar-refractivity contribution in [1.29, 1.82) is 0 Å². The standard InChI is InChI=1S/C13H17N5O2S/c1-7(2)8-5-16-11(21(3)19)4-9(8)20-10-6-17-13(15)18-12(10)14/h4-7H,1-3H3,(H4,14,15,17,18). The number of nitrogens with zero attached hydrogens (tertiary/aromatic N) is 3. The lowest BCUT2D eigenvalue weighted by Gasteiger charge is -2.14. The smallest absolute Gasteiger partial charge is 0.222 e. The number of nitrogens with two attached hydrogens (primary N) is 2. The van der Waals surface area contributed by atoms with Gasteiger partial charge in [-0.1, -0.05) is 13.8 Å². The zero-order valence-electron chi connectivity index (χ0n) is 12.0. The van der Waals surface area contributed by atoms with E-state index in [2.05, 4.69) is 15.0 Å². The van der Waals surface area contributed by atoms with Crippen LogP contribution in [0.3, 0.4) is 0 Å². The fourth-order valence-electron chi connectivity index (χ4n) is 1.70. The second-order valence-corrected chi connectivity index (χ2v) is 6.08. The molecule has 0 saturated heterocycles. The van der Waals surface area contributed by atoms with Crippen molar-refractivity contribution in [3.63, 3.8) is 0 Å². The number of pyridine rings is 1. The van der Waals surface area contributed by atoms with Crippen LogP contribution >= 0.6 is 0 Å². The average Bonchev–Trinajstić information content (AvgIpc) is 2.41. The molecule has 0 fully saturated rings. The van der Waals surface area contributed by atoms with Crippen molar-refractivity contribution in [2.45, 2.75) is 24.8 Å². The van der Waals surface area contributed by atoms with Gasteiger partial charge in [-0.2, -0.15) is 4.98 Å². The van der Waals surface area contributed by atoms with Gasteiger partial charge in [-0.25, -0.2) is 9.97 Å². The van der Waals surface area contributed by atoms with Gasteiger partial charge in [0, 0.05) is 24.1 Å². The van der Waals surface area contributed by atoms with Crippen LogP contribution < -0.4 is 16.2 Å². The summed E-state index contributed by atoms with van der Waals surface area (Å²) in [6, 6.07) is 1.64. The van der Waals surface area contributed by atoms with E-state index in [0.717, 1.165) is 5.56 Å². The minimum atomic E-state index is -1.20. The molecule has 2 aromatic heterocycles. The van der Waals surface area contributed by atoms with Crippen LogP contribution in [0.5, 0.6) is 11.5 Å². The van der Waals surface area contributed by atoms with Crippen LogP contribution in [-0.2, 0) is 10.8 Å². The zero-order valence-corrected chi connectivity index (χ0v) is 12.8. The molecule has 0 spiro atoms. The van der Waals surface area contributed by atoms with Gasteiger partial charge in [0.2, 0.25) is 5.95 Å². The lowest BCUT2D eigenvalue weighted by Crippen LogP contribution is -2.04. The normalized spacial score (nSPS) is 12.4. The molecule has 0 aliphatic rings. The molecule has 7 nitrogen and oxygen atoms in total. The van der Waals surface area contributed by atoms with E-state index in [-0.39, 0.29) is 17.7 Å². The molecule has 0 saturated carbocycles. The van der Waals surface area contributed by atoms with Gasteiger partial charge in [0.05, 0.1) is 17.0 Å². The first-order valence-electron chi connectivity index (χ1n) is 6.27. The van der Waals surface area contributed by atoms with Crippen LogP contribution in [0.4, 0.5) is 11.8 Å². The molecule has 2 aromatic rings. The van der Waals surface area contributed by atoms with Gasteiger partial charge >= 0.3 is 0 Å². The molecule has 2 heterocycles. The maximum Gasteiger partial charge on any atom is 0.222 e. The molecule has 0 bridgehead atoms. The lowest BCUT2D eigenvalue weighted by atomic mass is 10.1. The van der Waals surface area contributed by atoms with E-state index in [9.17, 15) is 4.21 Å². The molecular weight excluding hydrogens is 290 g/mol. The Morgan fingerprint density at radius 1 is 1.19 bits per heavy atom. The molecule has 112 valence electrons. The van der Waals surface area contributed by atoms with E-state index in [4.69, 9.17) is 16.2 Å². The predicted molar refractivity (Wildman–Crippen MR) is 81.6 cm³/mol. The number of aromatic nitrogens is 3. The summed E-state index contributed by atoms with van der Waals surface area (Å²) in [6.45, 7) is 4.02. The van der Waals surface area contributed by atoms with Gasteiger partial charge in [-0.3, -0.25) is 4.21 Å². The predicted octanol–water partition coefficient (Wildman–Crippen LogP) is 1.69. The van der Waals surface area contributed by atoms with E-state index in [1.807, 2.05) is 13.8 Å². The van der Waals surface area contributed by atoms with Crippen molar-refractivity contribution in [1.82, 2.24) is 15.0 Å². The fourth-order valence-corrected chi connectivity index (χ4v) is 2.18. The van der Waals surface area contributed by atoms with Gasteiger partial charge in [0.1, 0.15) is 10.8 Å². The SMILES string of the molecule is CC(C)c1cnc(S(C)=O)cc1Oc1cnc(N)nc1N. The first kappa shape index (κ1) is 15.2. The topological polar surface area (TPSA) is 117 Å². The number of nitrogen functional groups attached to an aromatic ring is 2. The second-order valence-electron chi connectivity index (χ2n) is 4.75. The van der Waals surface area contributed by atoms with Crippen molar-refractivity contribution >= 4 is 22.6 Å². The Morgan fingerprint density at radius 3 is 2.48 bits per heavy atom. The Hall–Kier alpha value is -2.22. The van der Waals surface area contributed by atoms with Crippen molar-refractivity contribution in [3.8, 4) is 11.5 Å². The van der Waals surface area contributed by atoms with Crippen LogP contribution in [-0.4, -0.2) is 25.4 Å². The van der Waals surface area contributed by atoms with Crippen molar-refractivity contribution in [2.24, 2.45) is 0 Å². The van der Waals surface area contributed by atoms with Gasteiger partial charge < -0.3 is 16.2 Å². The Kier molecular flexibility index (Phi) is 4.37. The Bertz CT molecular complexity index is 690. The molecule has 0 amide bonds. The maximum absolute atomic E-state index is 11.6. The Morgan fingerprint density at radius 2 is 1.90 bits per heavy atom. The van der Waals surface area contributed by atoms with Crippen LogP contribution in [0.1, 0.15) is 25.3 Å². The van der Waals surface area contributed by atoms with E-state index in [0.29, 0.717) is 16.5 Å². The fraction of sp³-hybridized carbons (Fsp3) is 0.308. The highest BCUT2D eigenvalue weighted by molar-refractivity contribution is 7.84. The average molecular weight is 307 g/mol. The molecule has 21 heavy (non-hydrogen) atoms. The molecule has 2 rings (SSSR count). The summed E-state index contributed by atoms with van der Waals surface area (Å²) >= 11 is 0. The molecule has 1 unspecified atom stereocenters. The lowest BCUT2D eigenvalue weighted by molar-refractivity contribution is 0.468. The third-order valence-electron chi connectivity index (χ3n) is 2.81. The summed E-state index contributed by atoms with van der Waals surface area (Å²) in [4.78, 5) is 11.9. The molecule has 8 heteroatoms. The molecule has 0 aliphatic carbocycles. The maximum atomic E-state index is 11.6. The summed E-state index contributed by atoms with van der Waals surface area (Å²) in [5, 5.41) is 0.435. The molecular formula is C13H17N5O2S. The van der Waals surface area contributed by atoms with Crippen molar-refractivity contribution < 1.29 is 8.95 Å². The van der Waals surface area contributed by atoms with Crippen LogP contribution in [0.2, 0.25) is 0 Å². The van der Waals surface area contributed by atoms with Crippen molar-refractivity contribution in [3.05, 3.63) is 24.0 Å². The summed E-state index contributed by atoms with van der Waals surface area (Å²) in [6.07, 6.45) is 4.62. The number of hydrogen-bond acceptors (Lipinski definition) is 7. The molecule has 4 N–H and O–H groups in total. The van der Waals surface area contributed by atoms with E-state index >= 15 is 0 Å². The van der Waals surface area contributed by atoms with E-state index in [1.165, 1.54) is 6.20 Å². The number of hydrogen-bond donors (Lipinski definition) is 2. The summed E-state index contributed by atoms with van der Waals surface area (Å²) in [7, 11) is -1.20. The highest BCUT2D eigenvalue weighted by atomic mass is 32.2. The third kappa shape index (κ3) is 3.46. The van der Waals surface area contributed by atoms with Gasteiger partial charge in [0.15, 0.2) is 11.6 Å². The Labute approximate surface area is 125 Å². The third-order valence-corrected chi connectivity index (χ3v) is 3.62. The van der Waals surface area contributed by atoms with Crippen LogP contribution in [0.15, 0.2) is 23.5 Å². The summed E-state index contributed by atoms with van der Waals surface area (Å²) in [5.41, 5.74) is 12.1. The first-order valence-corrected chi connectivity index (χ1v) is 7.83. The Balaban J connectivity index is 2.45. The van der Waals surface area contributed by atoms with Gasteiger partial charge in [0.25, 0.3) is 0 Å². The minimum Gasteiger partial charge on any atom is -0.451 e. The van der Waals surface area contributed by atoms with Crippen LogP contribution in [0, 0.1) is 0 Å². The highest BCUT2D eigenvalue weighted by Gasteiger charge is 2.14. The van der Waals surface area contributed by atoms with Gasteiger partial charge in [-0.05, 0) is 5.92 Å². The number of rotatable bonds is 4. The highest BCUT2D eigenvalue weighted by Crippen LogP contribution is 2.32. The molecule has 1 atom stereocenters. The number of anilines is 2. The molecule has 0 aliphatic heterocycles. The second kappa shape index (κ2) is 6.04. The van der Waals surface area contributed by atoms with E-state index < -0.39 is 10.8 Å². The first-order chi connectivity index (χ1) is 9.88. The summed E-state index contributed by atoms with van der Waals surface area (Å²) < 4.78 is 17.3. The van der Waals surface area contributed by atoms with Crippen LogP contribution in [0.25, 0.3) is 0 Å². The molecule has 0 aromatic carbocycles. The largest absolute Gasteiger partial charge is 0.451 e. The molecule has 0 radical (unpaired) electrons. The zero-order chi connectivity index (χ0) is 15.6.